The Balaban J connectivity index is 2.53. The lowest BCUT2D eigenvalue weighted by Gasteiger charge is -2.10. The highest BCUT2D eigenvalue weighted by molar-refractivity contribution is 5.94. The summed E-state index contributed by atoms with van der Waals surface area (Å²) in [4.78, 5) is 11.4. The minimum Gasteiger partial charge on any atom is -0.383 e. The van der Waals surface area contributed by atoms with Gasteiger partial charge in [-0.15, -0.1) is 0 Å². The Hall–Kier alpha value is -1.40. The maximum absolute atomic E-state index is 11.4. The molecule has 14 heavy (non-hydrogen) atoms. The summed E-state index contributed by atoms with van der Waals surface area (Å²) < 4.78 is 4.76. The largest absolute Gasteiger partial charge is 0.383 e. The zero-order chi connectivity index (χ0) is 10.6. The molecule has 0 bridgehead atoms. The number of hydrogen-bond donors (Lipinski definition) is 3. The zero-order valence-corrected chi connectivity index (χ0v) is 8.20. The number of methoxy groups -OCH3 is 1. The van der Waals surface area contributed by atoms with Crippen LogP contribution in [-0.2, 0) is 9.53 Å². The van der Waals surface area contributed by atoms with Crippen molar-refractivity contribution in [3.05, 3.63) is 11.8 Å². The van der Waals surface area contributed by atoms with E-state index >= 15 is 0 Å². The van der Waals surface area contributed by atoms with Gasteiger partial charge in [-0.2, -0.15) is 5.10 Å². The van der Waals surface area contributed by atoms with E-state index in [9.17, 15) is 4.79 Å². The summed E-state index contributed by atoms with van der Waals surface area (Å²) in [5, 5.41) is 9.04. The second kappa shape index (κ2) is 4.73. The molecular formula is C8H14N4O2. The molecule has 0 aliphatic carbocycles. The molecular weight excluding hydrogens is 184 g/mol. The number of anilines is 1. The third kappa shape index (κ3) is 2.54. The van der Waals surface area contributed by atoms with Gasteiger partial charge in [-0.05, 0) is 6.92 Å². The number of nitrogens with zero attached hydrogens (tertiary/aromatic N) is 1. The highest BCUT2D eigenvalue weighted by atomic mass is 16.5. The molecule has 0 aliphatic heterocycles. The molecule has 1 amide bonds. The molecule has 0 aromatic carbocycles. The highest BCUT2D eigenvalue weighted by Gasteiger charge is 2.14. The van der Waals surface area contributed by atoms with Gasteiger partial charge >= 0.3 is 0 Å². The molecule has 0 saturated carbocycles. The summed E-state index contributed by atoms with van der Waals surface area (Å²) in [7, 11) is 1.49. The molecule has 0 aliphatic rings. The first kappa shape index (κ1) is 10.7. The number of hydrogen-bond acceptors (Lipinski definition) is 4. The Labute approximate surface area is 81.8 Å². The van der Waals surface area contributed by atoms with E-state index < -0.39 is 6.04 Å². The highest BCUT2D eigenvalue weighted by Crippen LogP contribution is 2.08. The Morgan fingerprint density at radius 1 is 1.86 bits per heavy atom. The molecule has 0 fully saturated rings. The molecule has 1 aromatic rings. The van der Waals surface area contributed by atoms with Crippen molar-refractivity contribution in [2.24, 2.45) is 5.73 Å². The minimum absolute atomic E-state index is 0.193. The third-order valence-corrected chi connectivity index (χ3v) is 1.76. The molecule has 1 rings (SSSR count). The molecule has 6 heteroatoms. The molecule has 1 aromatic heterocycles. The van der Waals surface area contributed by atoms with Crippen LogP contribution in [0.2, 0.25) is 0 Å². The van der Waals surface area contributed by atoms with Crippen molar-refractivity contribution in [3.8, 4) is 0 Å². The number of aromatic amines is 1. The summed E-state index contributed by atoms with van der Waals surface area (Å²) >= 11 is 0. The topological polar surface area (TPSA) is 93.0 Å². The van der Waals surface area contributed by atoms with Crippen LogP contribution in [0.1, 0.15) is 5.56 Å². The molecule has 78 valence electrons. The average Bonchev–Trinajstić information content (AvgIpc) is 2.52. The SMILES string of the molecule is COCC(N)C(=O)Nc1[nH]ncc1C. The fourth-order valence-corrected chi connectivity index (χ4v) is 0.944. The van der Waals surface area contributed by atoms with Crippen LogP contribution in [0.3, 0.4) is 0 Å². The maximum Gasteiger partial charge on any atom is 0.244 e. The summed E-state index contributed by atoms with van der Waals surface area (Å²) in [6.07, 6.45) is 1.62. The molecule has 1 unspecified atom stereocenters. The van der Waals surface area contributed by atoms with Crippen LogP contribution in [0.25, 0.3) is 0 Å². The quantitative estimate of drug-likeness (QED) is 0.615. The number of carbonyl (C=O) groups is 1. The third-order valence-electron chi connectivity index (χ3n) is 1.76. The summed E-state index contributed by atoms with van der Waals surface area (Å²) in [6.45, 7) is 2.03. The number of H-pyrrole nitrogens is 1. The minimum atomic E-state index is -0.664. The van der Waals surface area contributed by atoms with Crippen LogP contribution >= 0.6 is 0 Å². The van der Waals surface area contributed by atoms with Crippen LogP contribution in [0.15, 0.2) is 6.20 Å². The number of amides is 1. The predicted molar refractivity (Wildman–Crippen MR) is 51.8 cm³/mol. The first-order valence-corrected chi connectivity index (χ1v) is 4.20. The number of nitrogens with one attached hydrogen (secondary N) is 2. The first-order chi connectivity index (χ1) is 6.65. The normalized spacial score (nSPS) is 12.5. The van der Waals surface area contributed by atoms with E-state index in [0.29, 0.717) is 5.82 Å². The van der Waals surface area contributed by atoms with Crippen molar-refractivity contribution in [3.63, 3.8) is 0 Å². The van der Waals surface area contributed by atoms with E-state index in [1.807, 2.05) is 6.92 Å². The monoisotopic (exact) mass is 198 g/mol. The second-order valence-corrected chi connectivity index (χ2v) is 2.98. The number of carbonyl (C=O) groups excluding carboxylic acids is 1. The van der Waals surface area contributed by atoms with Gasteiger partial charge in [0.2, 0.25) is 5.91 Å². The van der Waals surface area contributed by atoms with Gasteiger partial charge < -0.3 is 15.8 Å². The zero-order valence-electron chi connectivity index (χ0n) is 8.20. The second-order valence-electron chi connectivity index (χ2n) is 2.98. The fourth-order valence-electron chi connectivity index (χ4n) is 0.944. The lowest BCUT2D eigenvalue weighted by Crippen LogP contribution is -2.39. The van der Waals surface area contributed by atoms with E-state index in [0.717, 1.165) is 5.56 Å². The van der Waals surface area contributed by atoms with E-state index in [4.69, 9.17) is 10.5 Å². The lowest BCUT2D eigenvalue weighted by atomic mass is 10.3. The first-order valence-electron chi connectivity index (χ1n) is 4.20. The van der Waals surface area contributed by atoms with Crippen LogP contribution in [0.4, 0.5) is 5.82 Å². The Kier molecular flexibility index (Phi) is 3.61. The van der Waals surface area contributed by atoms with Gasteiger partial charge in [-0.25, -0.2) is 0 Å². The van der Waals surface area contributed by atoms with Gasteiger partial charge in [0.25, 0.3) is 0 Å². The van der Waals surface area contributed by atoms with Crippen LogP contribution in [0, 0.1) is 6.92 Å². The van der Waals surface area contributed by atoms with E-state index in [1.54, 1.807) is 6.20 Å². The number of nitrogens with two attached hydrogens (primary N) is 1. The molecule has 0 radical (unpaired) electrons. The van der Waals surface area contributed by atoms with Crippen molar-refractivity contribution in [2.75, 3.05) is 19.0 Å². The Morgan fingerprint density at radius 3 is 3.07 bits per heavy atom. The van der Waals surface area contributed by atoms with E-state index in [1.165, 1.54) is 7.11 Å². The van der Waals surface area contributed by atoms with Crippen LogP contribution in [-0.4, -0.2) is 35.9 Å². The van der Waals surface area contributed by atoms with Crippen molar-refractivity contribution in [1.29, 1.82) is 0 Å². The molecule has 1 atom stereocenters. The van der Waals surface area contributed by atoms with Crippen LogP contribution < -0.4 is 11.1 Å². The van der Waals surface area contributed by atoms with Gasteiger partial charge in [0.05, 0.1) is 12.8 Å². The lowest BCUT2D eigenvalue weighted by molar-refractivity contribution is -0.118. The van der Waals surface area contributed by atoms with Crippen molar-refractivity contribution in [2.45, 2.75) is 13.0 Å². The molecule has 1 heterocycles. The van der Waals surface area contributed by atoms with Gasteiger partial charge in [0.15, 0.2) is 0 Å². The maximum atomic E-state index is 11.4. The van der Waals surface area contributed by atoms with Crippen molar-refractivity contribution in [1.82, 2.24) is 10.2 Å². The number of ether oxygens (including phenoxy) is 1. The molecule has 6 nitrogen and oxygen atoms in total. The molecule has 4 N–H and O–H groups in total. The Morgan fingerprint density at radius 2 is 2.57 bits per heavy atom. The van der Waals surface area contributed by atoms with Crippen molar-refractivity contribution < 1.29 is 9.53 Å². The number of aromatic nitrogens is 2. The van der Waals surface area contributed by atoms with E-state index in [2.05, 4.69) is 15.5 Å². The number of rotatable bonds is 4. The predicted octanol–water partition coefficient (Wildman–Crippen LogP) is -0.370. The fraction of sp³-hybridized carbons (Fsp3) is 0.500. The van der Waals surface area contributed by atoms with Crippen LogP contribution in [0.5, 0.6) is 0 Å². The van der Waals surface area contributed by atoms with Gasteiger partial charge in [0.1, 0.15) is 11.9 Å². The average molecular weight is 198 g/mol. The van der Waals surface area contributed by atoms with Gasteiger partial charge in [-0.1, -0.05) is 0 Å². The summed E-state index contributed by atoms with van der Waals surface area (Å²) in [5.41, 5.74) is 6.39. The summed E-state index contributed by atoms with van der Waals surface area (Å²) in [5.74, 6) is 0.278. The van der Waals surface area contributed by atoms with E-state index in [-0.39, 0.29) is 12.5 Å². The smallest absolute Gasteiger partial charge is 0.244 e. The number of aryl methyl sites for hydroxylation is 1. The van der Waals surface area contributed by atoms with Gasteiger partial charge in [-0.3, -0.25) is 9.89 Å². The standard InChI is InChI=1S/C8H14N4O2/c1-5-3-10-12-7(5)11-8(13)6(9)4-14-2/h3,6H,4,9H2,1-2H3,(H2,10,11,12,13). The van der Waals surface area contributed by atoms with Gasteiger partial charge in [0, 0.05) is 12.7 Å². The molecule has 0 saturated heterocycles. The van der Waals surface area contributed by atoms with Crippen molar-refractivity contribution >= 4 is 11.7 Å². The summed E-state index contributed by atoms with van der Waals surface area (Å²) in [6, 6.07) is -0.664. The molecule has 0 spiro atoms. The Bertz CT molecular complexity index is 310.